The molecule has 0 spiro atoms. The van der Waals surface area contributed by atoms with E-state index in [1.54, 1.807) is 26.2 Å². The van der Waals surface area contributed by atoms with Crippen molar-refractivity contribution in [3.8, 4) is 11.5 Å². The van der Waals surface area contributed by atoms with Gasteiger partial charge in [-0.15, -0.1) is 0 Å². The Morgan fingerprint density at radius 2 is 2.00 bits per heavy atom. The van der Waals surface area contributed by atoms with Gasteiger partial charge in [-0.25, -0.2) is 4.79 Å². The Balaban J connectivity index is 2.31. The van der Waals surface area contributed by atoms with Crippen LogP contribution in [0.4, 0.5) is 4.79 Å². The Bertz CT molecular complexity index is 382. The van der Waals surface area contributed by atoms with Crippen LogP contribution in [0, 0.1) is 0 Å². The Hall–Kier alpha value is -1.95. The number of aliphatic hydroxyl groups excluding tert-OH is 1. The summed E-state index contributed by atoms with van der Waals surface area (Å²) >= 11 is 0. The molecule has 1 aromatic rings. The van der Waals surface area contributed by atoms with E-state index in [2.05, 4.69) is 10.6 Å². The summed E-state index contributed by atoms with van der Waals surface area (Å²) in [4.78, 5) is 11.2. The smallest absolute Gasteiger partial charge is 0.317 e. The molecule has 1 aromatic carbocycles. The highest BCUT2D eigenvalue weighted by atomic mass is 16.5. The average molecular weight is 254 g/mol. The van der Waals surface area contributed by atoms with Crippen molar-refractivity contribution in [3.05, 3.63) is 24.3 Å². The second kappa shape index (κ2) is 7.39. The minimum Gasteiger partial charge on any atom is -0.493 e. The van der Waals surface area contributed by atoms with Gasteiger partial charge >= 0.3 is 6.03 Å². The summed E-state index contributed by atoms with van der Waals surface area (Å²) < 4.78 is 10.4. The van der Waals surface area contributed by atoms with Crippen LogP contribution in [0.3, 0.4) is 0 Å². The van der Waals surface area contributed by atoms with Crippen LogP contribution in [0.5, 0.6) is 11.5 Å². The van der Waals surface area contributed by atoms with Crippen LogP contribution >= 0.6 is 0 Å². The van der Waals surface area contributed by atoms with Crippen LogP contribution in [0.25, 0.3) is 0 Å². The highest BCUT2D eigenvalue weighted by molar-refractivity contribution is 5.73. The van der Waals surface area contributed by atoms with Crippen molar-refractivity contribution in [1.82, 2.24) is 10.6 Å². The zero-order chi connectivity index (χ0) is 13.4. The second-order valence-corrected chi connectivity index (χ2v) is 3.68. The van der Waals surface area contributed by atoms with E-state index >= 15 is 0 Å². The van der Waals surface area contributed by atoms with Crippen LogP contribution in [0.2, 0.25) is 0 Å². The molecule has 0 saturated heterocycles. The molecular weight excluding hydrogens is 236 g/mol. The number of benzene rings is 1. The van der Waals surface area contributed by atoms with E-state index in [1.165, 1.54) is 0 Å². The number of rotatable bonds is 6. The maximum absolute atomic E-state index is 11.2. The van der Waals surface area contributed by atoms with Crippen molar-refractivity contribution in [2.24, 2.45) is 0 Å². The third-order valence-corrected chi connectivity index (χ3v) is 2.09. The van der Waals surface area contributed by atoms with Crippen molar-refractivity contribution >= 4 is 6.03 Å². The van der Waals surface area contributed by atoms with Crippen LogP contribution in [-0.2, 0) is 0 Å². The van der Waals surface area contributed by atoms with Gasteiger partial charge in [0.1, 0.15) is 0 Å². The number of ether oxygens (including phenoxy) is 2. The highest BCUT2D eigenvalue weighted by Crippen LogP contribution is 2.25. The quantitative estimate of drug-likeness (QED) is 0.653. The molecule has 0 saturated carbocycles. The number of hydrogen-bond donors (Lipinski definition) is 3. The molecule has 100 valence electrons. The maximum atomic E-state index is 11.2. The maximum Gasteiger partial charge on any atom is 0.317 e. The van der Waals surface area contributed by atoms with E-state index in [1.807, 2.05) is 12.1 Å². The number of aliphatic hydroxyl groups is 1. The van der Waals surface area contributed by atoms with Crippen molar-refractivity contribution in [2.45, 2.75) is 13.0 Å². The normalized spacial score (nSPS) is 11.5. The van der Waals surface area contributed by atoms with Gasteiger partial charge in [0.25, 0.3) is 0 Å². The average Bonchev–Trinajstić information content (AvgIpc) is 2.37. The molecule has 1 rings (SSSR count). The summed E-state index contributed by atoms with van der Waals surface area (Å²) in [6.45, 7) is 1.80. The van der Waals surface area contributed by atoms with Gasteiger partial charge < -0.3 is 25.2 Å². The molecule has 0 aliphatic rings. The largest absolute Gasteiger partial charge is 0.493 e. The third kappa shape index (κ3) is 4.92. The topological polar surface area (TPSA) is 79.8 Å². The molecule has 1 atom stereocenters. The van der Waals surface area contributed by atoms with Gasteiger partial charge in [-0.2, -0.15) is 0 Å². The molecule has 2 amide bonds. The lowest BCUT2D eigenvalue weighted by Crippen LogP contribution is -2.40. The fourth-order valence-electron chi connectivity index (χ4n) is 1.22. The Kier molecular flexibility index (Phi) is 5.79. The first kappa shape index (κ1) is 14.1. The van der Waals surface area contributed by atoms with Crippen LogP contribution in [0.1, 0.15) is 6.92 Å². The van der Waals surface area contributed by atoms with E-state index in [0.717, 1.165) is 0 Å². The van der Waals surface area contributed by atoms with Crippen molar-refractivity contribution < 1.29 is 19.4 Å². The van der Waals surface area contributed by atoms with Gasteiger partial charge in [-0.1, -0.05) is 12.1 Å². The first-order valence-electron chi connectivity index (χ1n) is 5.59. The van der Waals surface area contributed by atoms with Gasteiger partial charge in [-0.3, -0.25) is 0 Å². The molecule has 0 aromatic heterocycles. The van der Waals surface area contributed by atoms with Crippen molar-refractivity contribution in [2.75, 3.05) is 20.4 Å². The molecule has 1 unspecified atom stereocenters. The lowest BCUT2D eigenvalue weighted by molar-refractivity contribution is 0.184. The number of carbonyl (C=O) groups excluding carboxylic acids is 1. The minimum absolute atomic E-state index is 0.0199. The molecule has 6 nitrogen and oxygen atoms in total. The molecule has 6 heteroatoms. The van der Waals surface area contributed by atoms with Crippen molar-refractivity contribution in [1.29, 1.82) is 0 Å². The summed E-state index contributed by atoms with van der Waals surface area (Å²) in [6.07, 6.45) is -0.578. The Morgan fingerprint density at radius 3 is 2.61 bits per heavy atom. The van der Waals surface area contributed by atoms with Gasteiger partial charge in [0.05, 0.1) is 13.2 Å². The van der Waals surface area contributed by atoms with E-state index in [4.69, 9.17) is 14.6 Å². The lowest BCUT2D eigenvalue weighted by atomic mass is 10.3. The van der Waals surface area contributed by atoms with E-state index in [-0.39, 0.29) is 13.3 Å². The minimum atomic E-state index is -0.578. The molecule has 0 heterocycles. The fourth-order valence-corrected chi connectivity index (χ4v) is 1.22. The predicted octanol–water partition coefficient (Wildman–Crippen LogP) is 0.712. The summed E-state index contributed by atoms with van der Waals surface area (Å²) in [5.74, 6) is 1.15. The molecule has 0 aliphatic heterocycles. The van der Waals surface area contributed by atoms with Crippen molar-refractivity contribution in [3.63, 3.8) is 0 Å². The fraction of sp³-hybridized carbons (Fsp3) is 0.417. The predicted molar refractivity (Wildman–Crippen MR) is 66.7 cm³/mol. The molecule has 18 heavy (non-hydrogen) atoms. The molecular formula is C12H18N2O4. The zero-order valence-corrected chi connectivity index (χ0v) is 10.5. The number of carbonyl (C=O) groups is 1. The molecule has 0 radical (unpaired) electrons. The monoisotopic (exact) mass is 254 g/mol. The van der Waals surface area contributed by atoms with E-state index in [9.17, 15) is 4.79 Å². The van der Waals surface area contributed by atoms with Gasteiger partial charge in [0.2, 0.25) is 0 Å². The highest BCUT2D eigenvalue weighted by Gasteiger charge is 2.04. The SMILES string of the molecule is COc1ccccc1OCNC(=O)NCC(C)O. The Labute approximate surface area is 106 Å². The molecule has 0 aliphatic carbocycles. The van der Waals surface area contributed by atoms with Gasteiger partial charge in [-0.05, 0) is 19.1 Å². The first-order valence-corrected chi connectivity index (χ1v) is 5.59. The number of para-hydroxylation sites is 2. The van der Waals surface area contributed by atoms with E-state index < -0.39 is 12.1 Å². The summed E-state index contributed by atoms with van der Waals surface area (Å²) in [7, 11) is 1.55. The number of urea groups is 1. The number of hydrogen-bond acceptors (Lipinski definition) is 4. The molecule has 0 bridgehead atoms. The lowest BCUT2D eigenvalue weighted by Gasteiger charge is -2.12. The second-order valence-electron chi connectivity index (χ2n) is 3.68. The van der Waals surface area contributed by atoms with Gasteiger partial charge in [0.15, 0.2) is 18.2 Å². The standard InChI is InChI=1S/C12H18N2O4/c1-9(15)7-13-12(16)14-8-18-11-6-4-3-5-10(11)17-2/h3-6,9,15H,7-8H2,1-2H3,(H2,13,14,16). The number of methoxy groups -OCH3 is 1. The number of amides is 2. The van der Waals surface area contributed by atoms with Crippen LogP contribution in [0.15, 0.2) is 24.3 Å². The third-order valence-electron chi connectivity index (χ3n) is 2.09. The Morgan fingerprint density at radius 1 is 1.33 bits per heavy atom. The van der Waals surface area contributed by atoms with Crippen LogP contribution < -0.4 is 20.1 Å². The first-order chi connectivity index (χ1) is 8.63. The molecule has 3 N–H and O–H groups in total. The summed E-state index contributed by atoms with van der Waals surface area (Å²) in [5, 5.41) is 14.0. The molecule has 0 fully saturated rings. The number of nitrogens with one attached hydrogen (secondary N) is 2. The van der Waals surface area contributed by atoms with Crippen LogP contribution in [-0.4, -0.2) is 37.6 Å². The zero-order valence-electron chi connectivity index (χ0n) is 10.5. The summed E-state index contributed by atoms with van der Waals surface area (Å²) in [5.41, 5.74) is 0. The van der Waals surface area contributed by atoms with Gasteiger partial charge in [0, 0.05) is 6.54 Å². The van der Waals surface area contributed by atoms with E-state index in [0.29, 0.717) is 11.5 Å². The summed E-state index contributed by atoms with van der Waals surface area (Å²) in [6, 6.07) is 6.75.